The van der Waals surface area contributed by atoms with E-state index in [1.54, 1.807) is 6.33 Å². The Morgan fingerprint density at radius 1 is 1.10 bits per heavy atom. The zero-order chi connectivity index (χ0) is 20.3. The van der Waals surface area contributed by atoms with Gasteiger partial charge in [-0.3, -0.25) is 9.89 Å². The van der Waals surface area contributed by atoms with Crippen LogP contribution in [0.2, 0.25) is 0 Å². The Hall–Kier alpha value is -1.88. The van der Waals surface area contributed by atoms with Gasteiger partial charge in [-0.25, -0.2) is 0 Å². The van der Waals surface area contributed by atoms with Gasteiger partial charge in [0.15, 0.2) is 5.96 Å². The summed E-state index contributed by atoms with van der Waals surface area (Å²) in [7, 11) is 0. The van der Waals surface area contributed by atoms with Gasteiger partial charge in [0.05, 0.1) is 6.54 Å². The van der Waals surface area contributed by atoms with Crippen molar-refractivity contribution in [2.24, 2.45) is 4.99 Å². The summed E-state index contributed by atoms with van der Waals surface area (Å²) in [6.45, 7) is 12.3. The first-order chi connectivity index (χ1) is 14.3. The number of benzene rings is 1. The van der Waals surface area contributed by atoms with E-state index in [0.717, 1.165) is 82.9 Å². The van der Waals surface area contributed by atoms with E-state index in [9.17, 15) is 0 Å². The molecule has 8 nitrogen and oxygen atoms in total. The van der Waals surface area contributed by atoms with E-state index < -0.39 is 0 Å². The number of hydrogen-bond acceptors (Lipinski definition) is 5. The largest absolute Gasteiger partial charge is 0.492 e. The fourth-order valence-electron chi connectivity index (χ4n) is 3.42. The molecule has 1 fully saturated rings. The average Bonchev–Trinajstić information content (AvgIpc) is 3.22. The predicted molar refractivity (Wildman–Crippen MR) is 131 cm³/mol. The number of piperazine rings is 1. The Kier molecular flexibility index (Phi) is 10.9. The fraction of sp³-hybridized carbons (Fsp3) is 0.571. The number of aryl methyl sites for hydroxylation is 1. The van der Waals surface area contributed by atoms with Crippen molar-refractivity contribution >= 4 is 29.9 Å². The number of hydrogen-bond donors (Lipinski definition) is 1. The van der Waals surface area contributed by atoms with E-state index >= 15 is 0 Å². The number of para-hydroxylation sites is 1. The fourth-order valence-corrected chi connectivity index (χ4v) is 3.42. The van der Waals surface area contributed by atoms with Crippen molar-refractivity contribution in [2.75, 3.05) is 52.4 Å². The lowest BCUT2D eigenvalue weighted by Gasteiger charge is -2.36. The highest BCUT2D eigenvalue weighted by molar-refractivity contribution is 14.0. The minimum absolute atomic E-state index is 0. The lowest BCUT2D eigenvalue weighted by Crippen LogP contribution is -2.53. The number of rotatable bonds is 9. The van der Waals surface area contributed by atoms with Crippen molar-refractivity contribution in [3.8, 4) is 5.75 Å². The minimum Gasteiger partial charge on any atom is -0.492 e. The van der Waals surface area contributed by atoms with E-state index in [-0.39, 0.29) is 24.0 Å². The standard InChI is InChI=1S/C21H33N7O.HI/c1-3-20-25-24-18-28(20)11-10-23-21(22-4-2)27-14-12-26(13-15-27)16-17-29-19-8-6-5-7-9-19;/h5-9,18H,3-4,10-17H2,1-2H3,(H,22,23);1H. The smallest absolute Gasteiger partial charge is 0.194 e. The van der Waals surface area contributed by atoms with E-state index in [1.165, 1.54) is 0 Å². The summed E-state index contributed by atoms with van der Waals surface area (Å²) < 4.78 is 7.91. The Labute approximate surface area is 196 Å². The maximum absolute atomic E-state index is 5.83. The third-order valence-electron chi connectivity index (χ3n) is 5.04. The summed E-state index contributed by atoms with van der Waals surface area (Å²) in [5.74, 6) is 2.95. The number of ether oxygens (including phenoxy) is 1. The van der Waals surface area contributed by atoms with Crippen LogP contribution in [0.1, 0.15) is 19.7 Å². The Bertz CT molecular complexity index is 745. The van der Waals surface area contributed by atoms with Gasteiger partial charge in [0.2, 0.25) is 0 Å². The van der Waals surface area contributed by atoms with Crippen molar-refractivity contribution < 1.29 is 4.74 Å². The molecule has 0 radical (unpaired) electrons. The second-order valence-corrected chi connectivity index (χ2v) is 7.02. The van der Waals surface area contributed by atoms with Crippen LogP contribution < -0.4 is 10.1 Å². The molecule has 0 bridgehead atoms. The van der Waals surface area contributed by atoms with Gasteiger partial charge < -0.3 is 19.5 Å². The van der Waals surface area contributed by atoms with Crippen LogP contribution in [0.25, 0.3) is 0 Å². The van der Waals surface area contributed by atoms with Crippen molar-refractivity contribution in [2.45, 2.75) is 26.8 Å². The van der Waals surface area contributed by atoms with Crippen molar-refractivity contribution in [3.05, 3.63) is 42.5 Å². The first-order valence-electron chi connectivity index (χ1n) is 10.6. The molecule has 2 aromatic rings. The quantitative estimate of drug-likeness (QED) is 0.306. The Morgan fingerprint density at radius 3 is 2.57 bits per heavy atom. The van der Waals surface area contributed by atoms with Crippen LogP contribution in [0.15, 0.2) is 41.7 Å². The summed E-state index contributed by atoms with van der Waals surface area (Å²) in [6.07, 6.45) is 2.68. The SMILES string of the molecule is CCNC(=NCCn1cnnc1CC)N1CCN(CCOc2ccccc2)CC1.I. The van der Waals surface area contributed by atoms with Gasteiger partial charge in [-0.05, 0) is 19.1 Å². The molecule has 0 saturated carbocycles. The zero-order valence-electron chi connectivity index (χ0n) is 18.0. The van der Waals surface area contributed by atoms with Crippen molar-refractivity contribution in [3.63, 3.8) is 0 Å². The molecule has 1 aromatic carbocycles. The predicted octanol–water partition coefficient (Wildman–Crippen LogP) is 2.12. The summed E-state index contributed by atoms with van der Waals surface area (Å²) in [4.78, 5) is 9.63. The van der Waals surface area contributed by atoms with Gasteiger partial charge in [-0.1, -0.05) is 25.1 Å². The van der Waals surface area contributed by atoms with Crippen LogP contribution in [0.4, 0.5) is 0 Å². The molecule has 2 heterocycles. The maximum atomic E-state index is 5.83. The van der Waals surface area contributed by atoms with Gasteiger partial charge in [-0.2, -0.15) is 0 Å². The molecule has 1 aliphatic rings. The van der Waals surface area contributed by atoms with E-state index in [1.807, 2.05) is 30.3 Å². The molecule has 9 heteroatoms. The molecule has 1 N–H and O–H groups in total. The van der Waals surface area contributed by atoms with Crippen LogP contribution in [0.5, 0.6) is 5.75 Å². The highest BCUT2D eigenvalue weighted by atomic mass is 127. The molecule has 0 unspecified atom stereocenters. The van der Waals surface area contributed by atoms with E-state index in [4.69, 9.17) is 9.73 Å². The summed E-state index contributed by atoms with van der Waals surface area (Å²) in [5.41, 5.74) is 0. The molecule has 1 aliphatic heterocycles. The second kappa shape index (κ2) is 13.4. The first-order valence-corrected chi connectivity index (χ1v) is 10.6. The average molecular weight is 527 g/mol. The number of aromatic nitrogens is 3. The molecular formula is C21H34IN7O. The number of halogens is 1. The minimum atomic E-state index is 0. The highest BCUT2D eigenvalue weighted by Crippen LogP contribution is 2.09. The number of guanidine groups is 1. The molecule has 30 heavy (non-hydrogen) atoms. The molecule has 1 saturated heterocycles. The van der Waals surface area contributed by atoms with Crippen LogP contribution in [-0.2, 0) is 13.0 Å². The molecule has 0 atom stereocenters. The van der Waals surface area contributed by atoms with Gasteiger partial charge >= 0.3 is 0 Å². The number of nitrogens with zero attached hydrogens (tertiary/aromatic N) is 6. The van der Waals surface area contributed by atoms with E-state index in [0.29, 0.717) is 0 Å². The van der Waals surface area contributed by atoms with Gasteiger partial charge in [0, 0.05) is 52.2 Å². The Morgan fingerprint density at radius 2 is 1.87 bits per heavy atom. The molecule has 1 aromatic heterocycles. The number of aliphatic imine (C=N–C) groups is 1. The van der Waals surface area contributed by atoms with Gasteiger partial charge in [0.1, 0.15) is 24.5 Å². The highest BCUT2D eigenvalue weighted by Gasteiger charge is 2.19. The second-order valence-electron chi connectivity index (χ2n) is 7.02. The monoisotopic (exact) mass is 527 g/mol. The summed E-state index contributed by atoms with van der Waals surface area (Å²) >= 11 is 0. The van der Waals surface area contributed by atoms with Crippen LogP contribution in [-0.4, -0.2) is 82.9 Å². The van der Waals surface area contributed by atoms with Gasteiger partial charge in [-0.15, -0.1) is 34.2 Å². The molecule has 166 valence electrons. The van der Waals surface area contributed by atoms with Crippen molar-refractivity contribution in [1.82, 2.24) is 29.9 Å². The van der Waals surface area contributed by atoms with Crippen LogP contribution in [0, 0.1) is 0 Å². The summed E-state index contributed by atoms with van der Waals surface area (Å²) in [6, 6.07) is 10.0. The Balaban J connectivity index is 0.00000320. The molecular weight excluding hydrogens is 493 g/mol. The summed E-state index contributed by atoms with van der Waals surface area (Å²) in [5, 5.41) is 11.6. The normalized spacial score (nSPS) is 15.0. The van der Waals surface area contributed by atoms with Crippen LogP contribution >= 0.6 is 24.0 Å². The topological polar surface area (TPSA) is 70.8 Å². The zero-order valence-corrected chi connectivity index (χ0v) is 20.4. The number of nitrogens with one attached hydrogen (secondary N) is 1. The first kappa shape index (κ1) is 24.4. The molecule has 0 amide bonds. The lowest BCUT2D eigenvalue weighted by molar-refractivity contribution is 0.152. The third kappa shape index (κ3) is 7.42. The third-order valence-corrected chi connectivity index (χ3v) is 5.04. The van der Waals surface area contributed by atoms with Crippen molar-refractivity contribution in [1.29, 1.82) is 0 Å². The van der Waals surface area contributed by atoms with Crippen LogP contribution in [0.3, 0.4) is 0 Å². The lowest BCUT2D eigenvalue weighted by atomic mass is 10.3. The van der Waals surface area contributed by atoms with E-state index in [2.05, 4.69) is 43.7 Å². The molecule has 0 spiro atoms. The maximum Gasteiger partial charge on any atom is 0.194 e. The molecule has 0 aliphatic carbocycles. The molecule has 3 rings (SSSR count). The van der Waals surface area contributed by atoms with Gasteiger partial charge in [0.25, 0.3) is 0 Å².